The summed E-state index contributed by atoms with van der Waals surface area (Å²) in [4.78, 5) is 15.8. The Kier molecular flexibility index (Phi) is 3.10. The average molecular weight is 282 g/mol. The van der Waals surface area contributed by atoms with E-state index in [4.69, 9.17) is 4.74 Å². The molecule has 2 rings (SSSR count). The molecular formula is C12H12BrNO2. The number of rotatable bonds is 1. The normalized spacial score (nSPS) is 19.1. The fourth-order valence-corrected chi connectivity index (χ4v) is 2.66. The van der Waals surface area contributed by atoms with Crippen LogP contribution in [0.25, 0.3) is 5.57 Å². The van der Waals surface area contributed by atoms with Gasteiger partial charge in [-0.3, -0.25) is 9.78 Å². The van der Waals surface area contributed by atoms with E-state index < -0.39 is 0 Å². The summed E-state index contributed by atoms with van der Waals surface area (Å²) in [6.07, 6.45) is 5.02. The topological polar surface area (TPSA) is 39.2 Å². The van der Waals surface area contributed by atoms with Crippen LogP contribution in [0.4, 0.5) is 0 Å². The number of hydrogen-bond donors (Lipinski definition) is 0. The maximum atomic E-state index is 11.7. The zero-order valence-corrected chi connectivity index (χ0v) is 10.6. The van der Waals surface area contributed by atoms with Crippen molar-refractivity contribution in [1.29, 1.82) is 0 Å². The molecule has 1 heterocycles. The highest BCUT2D eigenvalue weighted by atomic mass is 79.9. The van der Waals surface area contributed by atoms with Gasteiger partial charge in [0, 0.05) is 22.4 Å². The number of esters is 1. The molecule has 0 saturated carbocycles. The molecule has 0 N–H and O–H groups in total. The van der Waals surface area contributed by atoms with E-state index in [1.54, 1.807) is 12.4 Å². The van der Waals surface area contributed by atoms with Crippen molar-refractivity contribution in [2.24, 2.45) is 0 Å². The van der Waals surface area contributed by atoms with Gasteiger partial charge >= 0.3 is 5.97 Å². The molecule has 0 aliphatic heterocycles. The first-order valence-electron chi connectivity index (χ1n) is 5.04. The number of aromatic nitrogens is 1. The average Bonchev–Trinajstić information content (AvgIpc) is 2.30. The number of methoxy groups -OCH3 is 1. The number of hydrogen-bond acceptors (Lipinski definition) is 3. The van der Waals surface area contributed by atoms with Gasteiger partial charge < -0.3 is 4.74 Å². The number of carbonyl (C=O) groups excluding carboxylic acids is 1. The van der Waals surface area contributed by atoms with Gasteiger partial charge in [0.1, 0.15) is 0 Å². The Balaban J connectivity index is 2.54. The number of nitrogens with zero attached hydrogens (tertiary/aromatic N) is 1. The minimum absolute atomic E-state index is 0.194. The molecule has 0 saturated heterocycles. The molecule has 1 atom stereocenters. The number of fused-ring (bicyclic) bond motifs is 1. The highest BCUT2D eigenvalue weighted by Gasteiger charge is 2.30. The van der Waals surface area contributed by atoms with Crippen LogP contribution in [0.3, 0.4) is 0 Å². The van der Waals surface area contributed by atoms with Crippen molar-refractivity contribution >= 4 is 27.5 Å². The Morgan fingerprint density at radius 2 is 2.38 bits per heavy atom. The minimum Gasteiger partial charge on any atom is -0.469 e. The third-order valence-corrected chi connectivity index (χ3v) is 3.52. The van der Waals surface area contributed by atoms with E-state index in [9.17, 15) is 4.79 Å². The van der Waals surface area contributed by atoms with E-state index in [-0.39, 0.29) is 11.9 Å². The number of pyridine rings is 1. The Labute approximate surface area is 103 Å². The van der Waals surface area contributed by atoms with Gasteiger partial charge in [-0.05, 0) is 39.9 Å². The second-order valence-corrected chi connectivity index (χ2v) is 4.65. The maximum absolute atomic E-state index is 11.7. The van der Waals surface area contributed by atoms with Crippen molar-refractivity contribution < 1.29 is 9.53 Å². The molecule has 1 unspecified atom stereocenters. The van der Waals surface area contributed by atoms with Crippen LogP contribution in [0.1, 0.15) is 29.9 Å². The molecule has 1 aromatic rings. The largest absolute Gasteiger partial charge is 0.469 e. The third kappa shape index (κ3) is 1.78. The van der Waals surface area contributed by atoms with E-state index >= 15 is 0 Å². The molecule has 1 aliphatic rings. The fourth-order valence-electron chi connectivity index (χ4n) is 2.06. The lowest BCUT2D eigenvalue weighted by Gasteiger charge is -2.25. The van der Waals surface area contributed by atoms with Gasteiger partial charge in [0.05, 0.1) is 13.0 Å². The molecule has 84 valence electrons. The van der Waals surface area contributed by atoms with E-state index in [0.29, 0.717) is 0 Å². The van der Waals surface area contributed by atoms with E-state index in [0.717, 1.165) is 34.0 Å². The summed E-state index contributed by atoms with van der Waals surface area (Å²) in [5.74, 6) is -0.400. The Morgan fingerprint density at radius 1 is 1.62 bits per heavy atom. The highest BCUT2D eigenvalue weighted by molar-refractivity contribution is 9.10. The lowest BCUT2D eigenvalue weighted by molar-refractivity contribution is -0.142. The van der Waals surface area contributed by atoms with Crippen LogP contribution in [-0.4, -0.2) is 18.1 Å². The highest BCUT2D eigenvalue weighted by Crippen LogP contribution is 2.41. The van der Waals surface area contributed by atoms with Crippen molar-refractivity contribution in [2.75, 3.05) is 7.11 Å². The number of ether oxygens (including phenoxy) is 1. The summed E-state index contributed by atoms with van der Waals surface area (Å²) in [6.45, 7) is 4.00. The van der Waals surface area contributed by atoms with Gasteiger partial charge in [0.25, 0.3) is 0 Å². The first-order chi connectivity index (χ1) is 7.65. The Morgan fingerprint density at radius 3 is 3.06 bits per heavy atom. The monoisotopic (exact) mass is 281 g/mol. The molecule has 0 radical (unpaired) electrons. The van der Waals surface area contributed by atoms with Crippen LogP contribution >= 0.6 is 15.9 Å². The number of allylic oxidation sites excluding steroid dienone is 1. The van der Waals surface area contributed by atoms with Gasteiger partial charge in [-0.25, -0.2) is 0 Å². The lowest BCUT2D eigenvalue weighted by atomic mass is 9.81. The third-order valence-electron chi connectivity index (χ3n) is 2.89. The SMILES string of the molecule is C=C1CCC(C(=O)OC)c2c(Br)cncc21. The van der Waals surface area contributed by atoms with E-state index in [2.05, 4.69) is 27.5 Å². The number of halogens is 1. The first kappa shape index (κ1) is 11.3. The van der Waals surface area contributed by atoms with Crippen LogP contribution in [0.15, 0.2) is 23.4 Å². The second-order valence-electron chi connectivity index (χ2n) is 3.80. The fraction of sp³-hybridized carbons (Fsp3) is 0.333. The van der Waals surface area contributed by atoms with Crippen molar-refractivity contribution in [3.05, 3.63) is 34.6 Å². The first-order valence-corrected chi connectivity index (χ1v) is 5.83. The standard InChI is InChI=1S/C12H12BrNO2/c1-7-3-4-8(12(15)16-2)11-9(7)5-14-6-10(11)13/h5-6,8H,1,3-4H2,2H3. The summed E-state index contributed by atoms with van der Waals surface area (Å²) < 4.78 is 5.68. The molecule has 3 nitrogen and oxygen atoms in total. The van der Waals surface area contributed by atoms with Crippen LogP contribution in [0.5, 0.6) is 0 Å². The van der Waals surface area contributed by atoms with Gasteiger partial charge in [-0.15, -0.1) is 0 Å². The van der Waals surface area contributed by atoms with Gasteiger partial charge in [-0.1, -0.05) is 6.58 Å². The summed E-state index contributed by atoms with van der Waals surface area (Å²) in [5.41, 5.74) is 2.96. The van der Waals surface area contributed by atoms with Crippen LogP contribution in [-0.2, 0) is 9.53 Å². The molecular weight excluding hydrogens is 270 g/mol. The summed E-state index contributed by atoms with van der Waals surface area (Å²) in [7, 11) is 1.42. The van der Waals surface area contributed by atoms with Crippen molar-refractivity contribution in [1.82, 2.24) is 4.98 Å². The molecule has 0 amide bonds. The molecule has 4 heteroatoms. The smallest absolute Gasteiger partial charge is 0.313 e. The van der Waals surface area contributed by atoms with Crippen LogP contribution in [0, 0.1) is 0 Å². The Hall–Kier alpha value is -1.16. The summed E-state index contributed by atoms with van der Waals surface area (Å²) in [5, 5.41) is 0. The van der Waals surface area contributed by atoms with E-state index in [1.165, 1.54) is 7.11 Å². The van der Waals surface area contributed by atoms with Crippen molar-refractivity contribution in [2.45, 2.75) is 18.8 Å². The molecule has 0 bridgehead atoms. The molecule has 1 aliphatic carbocycles. The van der Waals surface area contributed by atoms with Gasteiger partial charge in [0.15, 0.2) is 0 Å². The van der Waals surface area contributed by atoms with Crippen LogP contribution < -0.4 is 0 Å². The molecule has 0 fully saturated rings. The summed E-state index contributed by atoms with van der Waals surface area (Å²) >= 11 is 3.44. The number of carbonyl (C=O) groups is 1. The minimum atomic E-state index is -0.206. The molecule has 0 spiro atoms. The zero-order chi connectivity index (χ0) is 11.7. The quantitative estimate of drug-likeness (QED) is 0.743. The predicted molar refractivity (Wildman–Crippen MR) is 65.0 cm³/mol. The molecule has 16 heavy (non-hydrogen) atoms. The molecule has 1 aromatic heterocycles. The van der Waals surface area contributed by atoms with Gasteiger partial charge in [0.2, 0.25) is 0 Å². The maximum Gasteiger partial charge on any atom is 0.313 e. The lowest BCUT2D eigenvalue weighted by Crippen LogP contribution is -2.20. The van der Waals surface area contributed by atoms with Crippen molar-refractivity contribution in [3.8, 4) is 0 Å². The molecule has 0 aromatic carbocycles. The summed E-state index contributed by atoms with van der Waals surface area (Å²) in [6, 6.07) is 0. The van der Waals surface area contributed by atoms with Crippen molar-refractivity contribution in [3.63, 3.8) is 0 Å². The zero-order valence-electron chi connectivity index (χ0n) is 9.00. The predicted octanol–water partition coefficient (Wildman–Crippen LogP) is 2.91. The Bertz CT molecular complexity index is 456. The van der Waals surface area contributed by atoms with Crippen LogP contribution in [0.2, 0.25) is 0 Å². The second kappa shape index (κ2) is 4.37. The van der Waals surface area contributed by atoms with E-state index in [1.807, 2.05) is 0 Å². The van der Waals surface area contributed by atoms with Gasteiger partial charge in [-0.2, -0.15) is 0 Å².